The van der Waals surface area contributed by atoms with Crippen molar-refractivity contribution < 1.29 is 9.53 Å². The van der Waals surface area contributed by atoms with Crippen molar-refractivity contribution in [2.75, 3.05) is 18.1 Å². The fourth-order valence-corrected chi connectivity index (χ4v) is 3.50. The van der Waals surface area contributed by atoms with Gasteiger partial charge in [0.15, 0.2) is 0 Å². The minimum Gasteiger partial charge on any atom is -0.464 e. The lowest BCUT2D eigenvalue weighted by Crippen LogP contribution is -2.46. The van der Waals surface area contributed by atoms with Crippen molar-refractivity contribution in [1.82, 2.24) is 4.98 Å². The zero-order valence-corrected chi connectivity index (χ0v) is 13.9. The molecule has 1 aromatic heterocycles. The molecule has 104 valence electrons. The highest BCUT2D eigenvalue weighted by atomic mass is 79.9. The number of rotatable bonds is 3. The van der Waals surface area contributed by atoms with Crippen LogP contribution in [0.1, 0.15) is 26.2 Å². The number of ether oxygens (including phenoxy) is 1. The van der Waals surface area contributed by atoms with Crippen LogP contribution >= 0.6 is 31.9 Å². The molecular weight excluding hydrogens is 376 g/mol. The molecule has 19 heavy (non-hydrogen) atoms. The zero-order chi connectivity index (χ0) is 13.8. The highest BCUT2D eigenvalue weighted by molar-refractivity contribution is 9.11. The molecule has 0 bridgehead atoms. The number of aromatic nitrogens is 1. The van der Waals surface area contributed by atoms with Crippen molar-refractivity contribution in [3.05, 3.63) is 21.2 Å². The number of piperidine rings is 1. The summed E-state index contributed by atoms with van der Waals surface area (Å²) in [5, 5.41) is 0. The van der Waals surface area contributed by atoms with Crippen molar-refractivity contribution in [3.63, 3.8) is 0 Å². The number of halogens is 2. The number of esters is 1. The summed E-state index contributed by atoms with van der Waals surface area (Å²) in [5.41, 5.74) is 0. The normalized spacial score (nSPS) is 19.3. The number of hydrogen-bond acceptors (Lipinski definition) is 4. The Morgan fingerprint density at radius 2 is 2.32 bits per heavy atom. The minimum atomic E-state index is -0.223. The van der Waals surface area contributed by atoms with Crippen molar-refractivity contribution >= 4 is 43.6 Å². The van der Waals surface area contributed by atoms with E-state index in [2.05, 4.69) is 36.8 Å². The van der Waals surface area contributed by atoms with Gasteiger partial charge < -0.3 is 9.64 Å². The molecule has 1 unspecified atom stereocenters. The summed E-state index contributed by atoms with van der Waals surface area (Å²) in [7, 11) is 0. The first-order valence-corrected chi connectivity index (χ1v) is 7.96. The monoisotopic (exact) mass is 390 g/mol. The van der Waals surface area contributed by atoms with E-state index in [0.717, 1.165) is 40.6 Å². The molecule has 4 nitrogen and oxygen atoms in total. The van der Waals surface area contributed by atoms with Crippen molar-refractivity contribution in [2.24, 2.45) is 0 Å². The number of anilines is 1. The number of pyridine rings is 1. The fraction of sp³-hybridized carbons (Fsp3) is 0.538. The van der Waals surface area contributed by atoms with Gasteiger partial charge in [-0.1, -0.05) is 0 Å². The summed E-state index contributed by atoms with van der Waals surface area (Å²) < 4.78 is 6.96. The van der Waals surface area contributed by atoms with Gasteiger partial charge in [-0.3, -0.25) is 0 Å². The van der Waals surface area contributed by atoms with Gasteiger partial charge in [0.25, 0.3) is 0 Å². The largest absolute Gasteiger partial charge is 0.464 e. The lowest BCUT2D eigenvalue weighted by molar-refractivity contribution is -0.145. The quantitative estimate of drug-likeness (QED) is 0.739. The van der Waals surface area contributed by atoms with E-state index >= 15 is 0 Å². The zero-order valence-electron chi connectivity index (χ0n) is 10.7. The second-order valence-electron chi connectivity index (χ2n) is 4.42. The van der Waals surface area contributed by atoms with E-state index in [1.165, 1.54) is 0 Å². The van der Waals surface area contributed by atoms with E-state index in [9.17, 15) is 4.79 Å². The third kappa shape index (κ3) is 3.48. The molecule has 0 spiro atoms. The molecule has 1 saturated heterocycles. The van der Waals surface area contributed by atoms with Gasteiger partial charge >= 0.3 is 5.97 Å². The van der Waals surface area contributed by atoms with Crippen molar-refractivity contribution in [3.8, 4) is 0 Å². The summed E-state index contributed by atoms with van der Waals surface area (Å²) in [6.07, 6.45) is 4.69. The van der Waals surface area contributed by atoms with Crippen LogP contribution in [0, 0.1) is 0 Å². The van der Waals surface area contributed by atoms with Crippen LogP contribution in [0.2, 0.25) is 0 Å². The van der Waals surface area contributed by atoms with Crippen LogP contribution in [0.25, 0.3) is 0 Å². The Morgan fingerprint density at radius 1 is 1.53 bits per heavy atom. The van der Waals surface area contributed by atoms with E-state index in [1.54, 1.807) is 6.20 Å². The minimum absolute atomic E-state index is 0.154. The van der Waals surface area contributed by atoms with Gasteiger partial charge in [0, 0.05) is 17.2 Å². The van der Waals surface area contributed by atoms with Gasteiger partial charge in [0.1, 0.15) is 11.9 Å². The highest BCUT2D eigenvalue weighted by Gasteiger charge is 2.31. The molecule has 0 N–H and O–H groups in total. The standard InChI is InChI=1S/C13H16Br2N2O2/c1-2-19-13(18)11-5-3-4-6-17(11)12-10(15)7-9(14)8-16-12/h7-8,11H,2-6H2,1H3. The van der Waals surface area contributed by atoms with Crippen LogP contribution in [0.5, 0.6) is 0 Å². The molecule has 1 aromatic rings. The smallest absolute Gasteiger partial charge is 0.328 e. The molecule has 0 radical (unpaired) electrons. The Morgan fingerprint density at radius 3 is 3.00 bits per heavy atom. The first-order chi connectivity index (χ1) is 9.13. The molecule has 0 aliphatic carbocycles. The molecule has 0 aromatic carbocycles. The first-order valence-electron chi connectivity index (χ1n) is 6.37. The van der Waals surface area contributed by atoms with Crippen LogP contribution in [-0.2, 0) is 9.53 Å². The van der Waals surface area contributed by atoms with Gasteiger partial charge in [-0.05, 0) is 64.1 Å². The van der Waals surface area contributed by atoms with Crippen LogP contribution in [0.3, 0.4) is 0 Å². The average molecular weight is 392 g/mol. The summed E-state index contributed by atoms with van der Waals surface area (Å²) in [4.78, 5) is 18.5. The molecular formula is C13H16Br2N2O2. The molecule has 0 saturated carbocycles. The summed E-state index contributed by atoms with van der Waals surface area (Å²) in [5.74, 6) is 0.653. The van der Waals surface area contributed by atoms with E-state index in [4.69, 9.17) is 4.74 Å². The van der Waals surface area contributed by atoms with Gasteiger partial charge in [-0.2, -0.15) is 0 Å². The molecule has 6 heteroatoms. The maximum atomic E-state index is 12.0. The molecule has 2 rings (SSSR count). The topological polar surface area (TPSA) is 42.4 Å². The lowest BCUT2D eigenvalue weighted by atomic mass is 10.0. The number of nitrogens with zero attached hydrogens (tertiary/aromatic N) is 2. The third-order valence-corrected chi connectivity index (χ3v) is 4.14. The van der Waals surface area contributed by atoms with E-state index in [-0.39, 0.29) is 12.0 Å². The molecule has 0 amide bonds. The lowest BCUT2D eigenvalue weighted by Gasteiger charge is -2.35. The molecule has 1 aliphatic heterocycles. The van der Waals surface area contributed by atoms with Gasteiger partial charge in [-0.15, -0.1) is 0 Å². The molecule has 1 atom stereocenters. The Bertz CT molecular complexity index is 468. The maximum Gasteiger partial charge on any atom is 0.328 e. The Balaban J connectivity index is 2.26. The van der Waals surface area contributed by atoms with Crippen LogP contribution in [-0.4, -0.2) is 30.1 Å². The summed E-state index contributed by atoms with van der Waals surface area (Å²) >= 11 is 6.90. The van der Waals surface area contributed by atoms with Crippen LogP contribution < -0.4 is 4.90 Å². The summed E-state index contributed by atoms with van der Waals surface area (Å²) in [6, 6.07) is 1.72. The molecule has 2 heterocycles. The SMILES string of the molecule is CCOC(=O)C1CCCCN1c1ncc(Br)cc1Br. The number of carbonyl (C=O) groups excluding carboxylic acids is 1. The second kappa shape index (κ2) is 6.70. The first kappa shape index (κ1) is 14.8. The maximum absolute atomic E-state index is 12.0. The fourth-order valence-electron chi connectivity index (χ4n) is 2.29. The van der Waals surface area contributed by atoms with E-state index in [0.29, 0.717) is 6.61 Å². The Hall–Kier alpha value is -0.620. The molecule has 1 aliphatic rings. The highest BCUT2D eigenvalue weighted by Crippen LogP contribution is 2.31. The van der Waals surface area contributed by atoms with Crippen LogP contribution in [0.4, 0.5) is 5.82 Å². The van der Waals surface area contributed by atoms with Gasteiger partial charge in [0.05, 0.1) is 11.1 Å². The second-order valence-corrected chi connectivity index (χ2v) is 6.19. The number of carbonyl (C=O) groups is 1. The predicted molar refractivity (Wildman–Crippen MR) is 81.3 cm³/mol. The Kier molecular flexibility index (Phi) is 5.21. The number of hydrogen-bond donors (Lipinski definition) is 0. The van der Waals surface area contributed by atoms with Crippen molar-refractivity contribution in [1.29, 1.82) is 0 Å². The predicted octanol–water partition coefficient (Wildman–Crippen LogP) is 3.53. The van der Waals surface area contributed by atoms with Gasteiger partial charge in [0.2, 0.25) is 0 Å². The van der Waals surface area contributed by atoms with E-state index < -0.39 is 0 Å². The summed E-state index contributed by atoms with van der Waals surface area (Å²) in [6.45, 7) is 3.08. The average Bonchev–Trinajstić information content (AvgIpc) is 2.39. The Labute approximate surface area is 129 Å². The van der Waals surface area contributed by atoms with Crippen LogP contribution in [0.15, 0.2) is 21.2 Å². The van der Waals surface area contributed by atoms with Crippen molar-refractivity contribution in [2.45, 2.75) is 32.2 Å². The molecule has 1 fully saturated rings. The van der Waals surface area contributed by atoms with E-state index in [1.807, 2.05) is 17.9 Å². The van der Waals surface area contributed by atoms with Gasteiger partial charge in [-0.25, -0.2) is 9.78 Å². The third-order valence-electron chi connectivity index (χ3n) is 3.12.